The summed E-state index contributed by atoms with van der Waals surface area (Å²) in [6.07, 6.45) is 1.34. The number of nitrogens with zero attached hydrogens (tertiary/aromatic N) is 1. The molecule has 0 aliphatic heterocycles. The van der Waals surface area contributed by atoms with Crippen LogP contribution in [0.5, 0.6) is 0 Å². The SMILES string of the molecule is CCCOCCC(=O)Nc1nc(C(C)NCC)cs1. The van der Waals surface area contributed by atoms with Crippen LogP contribution in [0.2, 0.25) is 0 Å². The third-order valence-corrected chi connectivity index (χ3v) is 3.32. The summed E-state index contributed by atoms with van der Waals surface area (Å²) in [5.41, 5.74) is 0.962. The highest BCUT2D eigenvalue weighted by Gasteiger charge is 2.10. The van der Waals surface area contributed by atoms with Crippen LogP contribution in [0.25, 0.3) is 0 Å². The van der Waals surface area contributed by atoms with Gasteiger partial charge < -0.3 is 15.4 Å². The van der Waals surface area contributed by atoms with E-state index >= 15 is 0 Å². The molecule has 6 heteroatoms. The number of ether oxygens (including phenoxy) is 1. The van der Waals surface area contributed by atoms with Crippen LogP contribution in [-0.4, -0.2) is 30.6 Å². The predicted octanol–water partition coefficient (Wildman–Crippen LogP) is 2.57. The lowest BCUT2D eigenvalue weighted by Crippen LogP contribution is -2.18. The van der Waals surface area contributed by atoms with E-state index < -0.39 is 0 Å². The lowest BCUT2D eigenvalue weighted by molar-refractivity contribution is -0.117. The molecule has 1 heterocycles. The largest absolute Gasteiger partial charge is 0.381 e. The van der Waals surface area contributed by atoms with Gasteiger partial charge in [-0.2, -0.15) is 0 Å². The van der Waals surface area contributed by atoms with E-state index in [4.69, 9.17) is 4.74 Å². The van der Waals surface area contributed by atoms with Crippen molar-refractivity contribution in [2.24, 2.45) is 0 Å². The molecule has 0 saturated carbocycles. The quantitative estimate of drug-likeness (QED) is 0.685. The Morgan fingerprint density at radius 1 is 1.47 bits per heavy atom. The monoisotopic (exact) mass is 285 g/mol. The summed E-state index contributed by atoms with van der Waals surface area (Å²) >= 11 is 1.45. The van der Waals surface area contributed by atoms with Crippen LogP contribution < -0.4 is 10.6 Å². The highest BCUT2D eigenvalue weighted by atomic mass is 32.1. The van der Waals surface area contributed by atoms with Gasteiger partial charge in [0.1, 0.15) is 0 Å². The minimum atomic E-state index is -0.0480. The first-order valence-electron chi connectivity index (χ1n) is 6.73. The first-order chi connectivity index (χ1) is 9.17. The molecular weight excluding hydrogens is 262 g/mol. The van der Waals surface area contributed by atoms with Crippen LogP contribution in [0, 0.1) is 0 Å². The Kier molecular flexibility index (Phi) is 7.62. The van der Waals surface area contributed by atoms with E-state index in [1.165, 1.54) is 11.3 Å². The summed E-state index contributed by atoms with van der Waals surface area (Å²) in [6, 6.07) is 0.208. The average Bonchev–Trinajstić information content (AvgIpc) is 2.83. The van der Waals surface area contributed by atoms with E-state index in [1.54, 1.807) is 0 Å². The molecule has 1 atom stereocenters. The van der Waals surface area contributed by atoms with Crippen molar-refractivity contribution in [2.45, 2.75) is 39.7 Å². The summed E-state index contributed by atoms with van der Waals surface area (Å²) in [6.45, 7) is 8.23. The highest BCUT2D eigenvalue weighted by Crippen LogP contribution is 2.20. The Morgan fingerprint density at radius 2 is 2.26 bits per heavy atom. The summed E-state index contributed by atoms with van der Waals surface area (Å²) in [4.78, 5) is 16.0. The first-order valence-corrected chi connectivity index (χ1v) is 7.61. The molecule has 0 fully saturated rings. The number of hydrogen-bond donors (Lipinski definition) is 2. The van der Waals surface area contributed by atoms with Crippen LogP contribution in [0.4, 0.5) is 5.13 Å². The van der Waals surface area contributed by atoms with Crippen LogP contribution in [0.15, 0.2) is 5.38 Å². The van der Waals surface area contributed by atoms with Gasteiger partial charge in [-0.3, -0.25) is 4.79 Å². The lowest BCUT2D eigenvalue weighted by atomic mass is 10.3. The molecule has 0 bridgehead atoms. The Bertz CT molecular complexity index is 382. The van der Waals surface area contributed by atoms with Crippen LogP contribution in [-0.2, 0) is 9.53 Å². The van der Waals surface area contributed by atoms with Crippen LogP contribution in [0.3, 0.4) is 0 Å². The van der Waals surface area contributed by atoms with Gasteiger partial charge in [0, 0.05) is 18.0 Å². The number of nitrogens with one attached hydrogen (secondary N) is 2. The average molecular weight is 285 g/mol. The minimum absolute atomic E-state index is 0.0480. The molecule has 5 nitrogen and oxygen atoms in total. The smallest absolute Gasteiger partial charge is 0.228 e. The van der Waals surface area contributed by atoms with Crippen molar-refractivity contribution in [1.82, 2.24) is 10.3 Å². The number of carbonyl (C=O) groups is 1. The van der Waals surface area contributed by atoms with Gasteiger partial charge in [0.2, 0.25) is 5.91 Å². The second kappa shape index (κ2) is 9.01. The molecule has 0 aliphatic rings. The fraction of sp³-hybridized carbons (Fsp3) is 0.692. The standard InChI is InChI=1S/C13H23N3O2S/c1-4-7-18-8-6-12(17)16-13-15-11(9-19-13)10(3)14-5-2/h9-10,14H,4-8H2,1-3H3,(H,15,16,17). The zero-order valence-corrected chi connectivity index (χ0v) is 12.7. The topological polar surface area (TPSA) is 63.2 Å². The van der Waals surface area contributed by atoms with Gasteiger partial charge in [0.25, 0.3) is 0 Å². The normalized spacial score (nSPS) is 12.4. The Balaban J connectivity index is 2.34. The fourth-order valence-corrected chi connectivity index (χ4v) is 2.37. The number of hydrogen-bond acceptors (Lipinski definition) is 5. The van der Waals surface area contributed by atoms with Crippen LogP contribution in [0.1, 0.15) is 45.3 Å². The van der Waals surface area contributed by atoms with Crippen molar-refractivity contribution in [1.29, 1.82) is 0 Å². The molecule has 19 heavy (non-hydrogen) atoms. The lowest BCUT2D eigenvalue weighted by Gasteiger charge is -2.08. The molecule has 0 radical (unpaired) electrons. The summed E-state index contributed by atoms with van der Waals surface area (Å²) < 4.78 is 5.28. The molecule has 108 valence electrons. The van der Waals surface area contributed by atoms with Crippen molar-refractivity contribution < 1.29 is 9.53 Å². The van der Waals surface area contributed by atoms with Crippen molar-refractivity contribution in [3.05, 3.63) is 11.1 Å². The molecule has 0 aromatic carbocycles. The zero-order valence-electron chi connectivity index (χ0n) is 11.9. The Labute approximate surface area is 118 Å². The summed E-state index contributed by atoms with van der Waals surface area (Å²) in [5, 5.41) is 8.71. The number of carbonyl (C=O) groups excluding carboxylic acids is 1. The maximum atomic E-state index is 11.6. The van der Waals surface area contributed by atoms with Crippen molar-refractivity contribution >= 4 is 22.4 Å². The van der Waals surface area contributed by atoms with E-state index in [9.17, 15) is 4.79 Å². The Morgan fingerprint density at radius 3 is 2.95 bits per heavy atom. The van der Waals surface area contributed by atoms with E-state index in [0.717, 1.165) is 18.7 Å². The number of anilines is 1. The molecule has 0 spiro atoms. The van der Waals surface area contributed by atoms with Gasteiger partial charge in [-0.1, -0.05) is 13.8 Å². The van der Waals surface area contributed by atoms with Crippen molar-refractivity contribution in [3.8, 4) is 0 Å². The molecular formula is C13H23N3O2S. The molecule has 2 N–H and O–H groups in total. The van der Waals surface area contributed by atoms with E-state index in [-0.39, 0.29) is 11.9 Å². The molecule has 1 unspecified atom stereocenters. The van der Waals surface area contributed by atoms with E-state index in [1.807, 2.05) is 12.3 Å². The highest BCUT2D eigenvalue weighted by molar-refractivity contribution is 7.13. The molecule has 0 aliphatic carbocycles. The maximum absolute atomic E-state index is 11.6. The fourth-order valence-electron chi connectivity index (χ4n) is 1.55. The van der Waals surface area contributed by atoms with Gasteiger partial charge in [-0.15, -0.1) is 11.3 Å². The molecule has 1 rings (SSSR count). The molecule has 1 amide bonds. The second-order valence-electron chi connectivity index (χ2n) is 4.27. The third-order valence-electron chi connectivity index (χ3n) is 2.54. The number of amides is 1. The number of thiazole rings is 1. The van der Waals surface area contributed by atoms with Gasteiger partial charge in [-0.05, 0) is 19.9 Å². The van der Waals surface area contributed by atoms with Crippen LogP contribution >= 0.6 is 11.3 Å². The Hall–Kier alpha value is -0.980. The van der Waals surface area contributed by atoms with E-state index in [2.05, 4.69) is 29.5 Å². The van der Waals surface area contributed by atoms with E-state index in [0.29, 0.717) is 24.8 Å². The molecule has 1 aromatic rings. The third kappa shape index (κ3) is 6.13. The second-order valence-corrected chi connectivity index (χ2v) is 5.13. The number of aromatic nitrogens is 1. The van der Waals surface area contributed by atoms with Gasteiger partial charge in [0.15, 0.2) is 5.13 Å². The maximum Gasteiger partial charge on any atom is 0.228 e. The van der Waals surface area contributed by atoms with Crippen molar-refractivity contribution in [3.63, 3.8) is 0 Å². The van der Waals surface area contributed by atoms with Crippen molar-refractivity contribution in [2.75, 3.05) is 25.1 Å². The zero-order chi connectivity index (χ0) is 14.1. The number of rotatable bonds is 9. The van der Waals surface area contributed by atoms with Gasteiger partial charge >= 0.3 is 0 Å². The molecule has 1 aromatic heterocycles. The van der Waals surface area contributed by atoms with Gasteiger partial charge in [-0.25, -0.2) is 4.98 Å². The summed E-state index contributed by atoms with van der Waals surface area (Å²) in [5.74, 6) is -0.0480. The minimum Gasteiger partial charge on any atom is -0.381 e. The summed E-state index contributed by atoms with van der Waals surface area (Å²) in [7, 11) is 0. The first kappa shape index (κ1) is 16.1. The molecule has 0 saturated heterocycles. The predicted molar refractivity (Wildman–Crippen MR) is 78.6 cm³/mol. The van der Waals surface area contributed by atoms with Gasteiger partial charge in [0.05, 0.1) is 18.7 Å².